The topological polar surface area (TPSA) is 68.5 Å². The molecule has 0 aliphatic heterocycles. The van der Waals surface area contributed by atoms with E-state index in [-0.39, 0.29) is 11.6 Å². The number of aromatic amines is 1. The molecule has 0 atom stereocenters. The lowest BCUT2D eigenvalue weighted by molar-refractivity contribution is 0.537. The van der Waals surface area contributed by atoms with Crippen LogP contribution in [0.1, 0.15) is 31.3 Å². The highest BCUT2D eigenvalue weighted by molar-refractivity contribution is 5.94. The van der Waals surface area contributed by atoms with Gasteiger partial charge in [-0.25, -0.2) is 4.98 Å². The second-order valence-corrected chi connectivity index (χ2v) is 6.83. The third-order valence-electron chi connectivity index (χ3n) is 4.62. The zero-order valence-electron chi connectivity index (χ0n) is 15.1. The molecule has 26 heavy (non-hydrogen) atoms. The maximum atomic E-state index is 12.7. The van der Waals surface area contributed by atoms with Gasteiger partial charge >= 0.3 is 0 Å². The molecule has 0 bridgehead atoms. The van der Waals surface area contributed by atoms with Crippen LogP contribution in [0.25, 0.3) is 22.0 Å². The van der Waals surface area contributed by atoms with Crippen molar-refractivity contribution in [2.24, 2.45) is 0 Å². The first kappa shape index (κ1) is 16.3. The summed E-state index contributed by atoms with van der Waals surface area (Å²) in [5.41, 5.74) is 4.27. The van der Waals surface area contributed by atoms with Gasteiger partial charge in [0.2, 0.25) is 0 Å². The highest BCUT2D eigenvalue weighted by Gasteiger charge is 2.12. The van der Waals surface area contributed by atoms with Crippen molar-refractivity contribution in [3.05, 3.63) is 70.8 Å². The summed E-state index contributed by atoms with van der Waals surface area (Å²) in [5, 5.41) is 5.59. The molecule has 0 unspecified atom stereocenters. The molecule has 4 aromatic rings. The van der Waals surface area contributed by atoms with Gasteiger partial charge in [-0.05, 0) is 44.5 Å². The summed E-state index contributed by atoms with van der Waals surface area (Å²) in [6, 6.07) is 10.0. The Labute approximate surface area is 151 Å². The van der Waals surface area contributed by atoms with Gasteiger partial charge in [0, 0.05) is 40.8 Å². The largest absolute Gasteiger partial charge is 0.329 e. The molecule has 3 heterocycles. The van der Waals surface area contributed by atoms with Crippen molar-refractivity contribution in [2.75, 3.05) is 0 Å². The lowest BCUT2D eigenvalue weighted by Gasteiger charge is -2.07. The van der Waals surface area contributed by atoms with E-state index in [1.54, 1.807) is 12.5 Å². The molecule has 0 aliphatic rings. The molecular weight excluding hydrogens is 326 g/mol. The van der Waals surface area contributed by atoms with Gasteiger partial charge in [0.05, 0.1) is 18.4 Å². The van der Waals surface area contributed by atoms with Gasteiger partial charge in [-0.1, -0.05) is 12.1 Å². The fraction of sp³-hybridized carbons (Fsp3) is 0.250. The van der Waals surface area contributed by atoms with E-state index in [2.05, 4.69) is 28.9 Å². The van der Waals surface area contributed by atoms with Gasteiger partial charge in [0.1, 0.15) is 0 Å². The predicted octanol–water partition coefficient (Wildman–Crippen LogP) is 3.53. The summed E-state index contributed by atoms with van der Waals surface area (Å²) in [6.45, 7) is 6.76. The van der Waals surface area contributed by atoms with E-state index < -0.39 is 0 Å². The van der Waals surface area contributed by atoms with E-state index in [0.717, 1.165) is 27.9 Å². The fourth-order valence-corrected chi connectivity index (χ4v) is 3.12. The molecule has 1 N–H and O–H groups in total. The fourth-order valence-electron chi connectivity index (χ4n) is 3.12. The minimum Gasteiger partial charge on any atom is -0.329 e. The monoisotopic (exact) mass is 347 g/mol. The van der Waals surface area contributed by atoms with Crippen molar-refractivity contribution in [3.8, 4) is 11.1 Å². The summed E-state index contributed by atoms with van der Waals surface area (Å²) in [7, 11) is 0. The Balaban J connectivity index is 1.76. The number of nitrogens with one attached hydrogen (secondary N) is 1. The van der Waals surface area contributed by atoms with Crippen LogP contribution in [-0.4, -0.2) is 24.3 Å². The zero-order chi connectivity index (χ0) is 18.3. The highest BCUT2D eigenvalue weighted by Crippen LogP contribution is 2.26. The van der Waals surface area contributed by atoms with E-state index in [4.69, 9.17) is 0 Å². The number of fused-ring (bicyclic) bond motifs is 1. The number of rotatable bonds is 4. The molecule has 0 amide bonds. The number of imidazole rings is 1. The Bertz CT molecular complexity index is 1130. The summed E-state index contributed by atoms with van der Waals surface area (Å²) >= 11 is 0. The SMILES string of the molecule is Cc1cncn1Cc1ccc(-c2cccc3nn(C(C)C)cc23)c(=O)[nH]1. The lowest BCUT2D eigenvalue weighted by atomic mass is 10.0. The van der Waals surface area contributed by atoms with Crippen LogP contribution >= 0.6 is 0 Å². The molecule has 6 heteroatoms. The summed E-state index contributed by atoms with van der Waals surface area (Å²) < 4.78 is 3.93. The Morgan fingerprint density at radius 3 is 2.69 bits per heavy atom. The van der Waals surface area contributed by atoms with Gasteiger partial charge in [-0.2, -0.15) is 5.10 Å². The first-order valence-corrected chi connectivity index (χ1v) is 8.70. The van der Waals surface area contributed by atoms with Crippen molar-refractivity contribution in [1.82, 2.24) is 24.3 Å². The number of aryl methyl sites for hydroxylation is 1. The number of nitrogens with zero attached hydrogens (tertiary/aromatic N) is 4. The van der Waals surface area contributed by atoms with Crippen molar-refractivity contribution in [2.45, 2.75) is 33.4 Å². The molecule has 0 radical (unpaired) electrons. The molecule has 0 saturated carbocycles. The van der Waals surface area contributed by atoms with Crippen LogP contribution < -0.4 is 5.56 Å². The predicted molar refractivity (Wildman–Crippen MR) is 102 cm³/mol. The van der Waals surface area contributed by atoms with Gasteiger partial charge < -0.3 is 9.55 Å². The van der Waals surface area contributed by atoms with Crippen LogP contribution in [0.2, 0.25) is 0 Å². The van der Waals surface area contributed by atoms with E-state index in [1.165, 1.54) is 0 Å². The van der Waals surface area contributed by atoms with Crippen LogP contribution in [0, 0.1) is 6.92 Å². The summed E-state index contributed by atoms with van der Waals surface area (Å²) in [5.74, 6) is 0. The molecule has 1 aromatic carbocycles. The number of H-pyrrole nitrogens is 1. The molecule has 0 fully saturated rings. The molecule has 6 nitrogen and oxygen atoms in total. The maximum absolute atomic E-state index is 12.7. The minimum absolute atomic E-state index is 0.0925. The second kappa shape index (κ2) is 6.29. The zero-order valence-corrected chi connectivity index (χ0v) is 15.1. The number of benzene rings is 1. The van der Waals surface area contributed by atoms with Crippen LogP contribution in [0.5, 0.6) is 0 Å². The first-order valence-electron chi connectivity index (χ1n) is 8.70. The lowest BCUT2D eigenvalue weighted by Crippen LogP contribution is -2.13. The number of aromatic nitrogens is 5. The highest BCUT2D eigenvalue weighted by atomic mass is 16.1. The molecule has 3 aromatic heterocycles. The Kier molecular flexibility index (Phi) is 3.95. The molecule has 4 rings (SSSR count). The van der Waals surface area contributed by atoms with Crippen LogP contribution in [0.3, 0.4) is 0 Å². The van der Waals surface area contributed by atoms with Crippen molar-refractivity contribution >= 4 is 10.9 Å². The van der Waals surface area contributed by atoms with E-state index in [9.17, 15) is 4.79 Å². The summed E-state index contributed by atoms with van der Waals surface area (Å²) in [4.78, 5) is 19.9. The number of hydrogen-bond acceptors (Lipinski definition) is 3. The smallest absolute Gasteiger partial charge is 0.256 e. The Morgan fingerprint density at radius 2 is 2.00 bits per heavy atom. The molecule has 132 valence electrons. The summed E-state index contributed by atoms with van der Waals surface area (Å²) in [6.07, 6.45) is 5.58. The molecule has 0 saturated heterocycles. The molecular formula is C20H21N5O. The van der Waals surface area contributed by atoms with Crippen LogP contribution in [-0.2, 0) is 6.54 Å². The Morgan fingerprint density at radius 1 is 1.15 bits per heavy atom. The third kappa shape index (κ3) is 2.83. The van der Waals surface area contributed by atoms with Crippen molar-refractivity contribution in [3.63, 3.8) is 0 Å². The molecule has 0 aliphatic carbocycles. The van der Waals surface area contributed by atoms with Gasteiger partial charge in [0.25, 0.3) is 5.56 Å². The van der Waals surface area contributed by atoms with E-state index >= 15 is 0 Å². The van der Waals surface area contributed by atoms with E-state index in [0.29, 0.717) is 12.1 Å². The number of pyridine rings is 1. The van der Waals surface area contributed by atoms with Gasteiger partial charge in [-0.3, -0.25) is 9.48 Å². The van der Waals surface area contributed by atoms with Gasteiger partial charge in [0.15, 0.2) is 0 Å². The number of hydrogen-bond donors (Lipinski definition) is 1. The average Bonchev–Trinajstić information content (AvgIpc) is 3.22. The van der Waals surface area contributed by atoms with Crippen molar-refractivity contribution < 1.29 is 0 Å². The third-order valence-corrected chi connectivity index (χ3v) is 4.62. The Hall–Kier alpha value is -3.15. The minimum atomic E-state index is -0.0925. The maximum Gasteiger partial charge on any atom is 0.256 e. The van der Waals surface area contributed by atoms with Gasteiger partial charge in [-0.15, -0.1) is 0 Å². The van der Waals surface area contributed by atoms with Crippen molar-refractivity contribution in [1.29, 1.82) is 0 Å². The van der Waals surface area contributed by atoms with E-state index in [1.807, 2.05) is 52.7 Å². The first-order chi connectivity index (χ1) is 12.5. The average molecular weight is 347 g/mol. The molecule has 0 spiro atoms. The van der Waals surface area contributed by atoms with Crippen LogP contribution in [0.4, 0.5) is 0 Å². The van der Waals surface area contributed by atoms with Crippen LogP contribution in [0.15, 0.2) is 53.8 Å². The standard InChI is InChI=1S/C20H21N5O/c1-13(2)25-11-18-16(5-4-6-19(18)23-25)17-8-7-15(22-20(17)26)10-24-12-21-9-14(24)3/h4-9,11-13H,10H2,1-3H3,(H,22,26). The quantitative estimate of drug-likeness (QED) is 0.614. The normalized spacial score (nSPS) is 11.5. The second-order valence-electron chi connectivity index (χ2n) is 6.83.